The van der Waals surface area contributed by atoms with Gasteiger partial charge in [0.15, 0.2) is 0 Å². The summed E-state index contributed by atoms with van der Waals surface area (Å²) in [5.41, 5.74) is 4.50. The van der Waals surface area contributed by atoms with Crippen LogP contribution in [0.25, 0.3) is 31.4 Å². The highest BCUT2D eigenvalue weighted by atomic mass is 32.1. The van der Waals surface area contributed by atoms with Crippen molar-refractivity contribution >= 4 is 56.6 Å². The van der Waals surface area contributed by atoms with Gasteiger partial charge in [0.25, 0.3) is 0 Å². The van der Waals surface area contributed by atoms with E-state index in [1.54, 1.807) is 0 Å². The van der Waals surface area contributed by atoms with Crippen molar-refractivity contribution in [3.63, 3.8) is 0 Å². The summed E-state index contributed by atoms with van der Waals surface area (Å²) in [6.07, 6.45) is 9.64. The molecule has 0 atom stereocenters. The molecule has 0 N–H and O–H groups in total. The first-order chi connectivity index (χ1) is 14.9. The van der Waals surface area contributed by atoms with Crippen molar-refractivity contribution in [2.24, 2.45) is 0 Å². The maximum Gasteiger partial charge on any atom is 0.0115 e. The van der Waals surface area contributed by atoms with Crippen LogP contribution in [0, 0.1) is 0 Å². The first kappa shape index (κ1) is 23.5. The molecule has 3 aromatic carbocycles. The maximum absolute atomic E-state index is 4.74. The Morgan fingerprint density at radius 3 is 1.61 bits per heavy atom. The Kier molecular flexibility index (Phi) is 8.28. The van der Waals surface area contributed by atoms with Gasteiger partial charge in [0.2, 0.25) is 0 Å². The van der Waals surface area contributed by atoms with E-state index in [-0.39, 0.29) is 0 Å². The van der Waals surface area contributed by atoms with E-state index in [0.717, 1.165) is 57.8 Å². The minimum absolute atomic E-state index is 0.962. The Hall–Kier alpha value is -2.16. The lowest BCUT2D eigenvalue weighted by molar-refractivity contribution is 0.800. The van der Waals surface area contributed by atoms with Crippen molar-refractivity contribution in [3.8, 4) is 0 Å². The quantitative estimate of drug-likeness (QED) is 0.183. The van der Waals surface area contributed by atoms with Crippen LogP contribution >= 0.6 is 25.3 Å². The largest absolute Gasteiger partial charge is 0.143 e. The highest BCUT2D eigenvalue weighted by molar-refractivity contribution is 7.90. The molecule has 0 fully saturated rings. The predicted molar refractivity (Wildman–Crippen MR) is 148 cm³/mol. The lowest BCUT2D eigenvalue weighted by Gasteiger charge is -2.09. The normalized spacial score (nSPS) is 12.5. The highest BCUT2D eigenvalue weighted by Crippen LogP contribution is 2.31. The zero-order chi connectivity index (χ0) is 22.4. The van der Waals surface area contributed by atoms with E-state index in [0.29, 0.717) is 0 Å². The molecule has 160 valence electrons. The molecule has 0 aromatic heterocycles. The van der Waals surface area contributed by atoms with Crippen LogP contribution in [-0.4, -0.2) is 0 Å². The second kappa shape index (κ2) is 10.9. The molecule has 0 amide bonds. The van der Waals surface area contributed by atoms with Gasteiger partial charge in [0, 0.05) is 9.81 Å². The monoisotopic (exact) mass is 444 g/mol. The minimum atomic E-state index is 0.962. The van der Waals surface area contributed by atoms with Crippen LogP contribution in [0.3, 0.4) is 0 Å². The lowest BCUT2D eigenvalue weighted by atomic mass is 9.99. The van der Waals surface area contributed by atoms with E-state index in [9.17, 15) is 0 Å². The molecule has 3 rings (SSSR count). The highest BCUT2D eigenvalue weighted by Gasteiger charge is 2.05. The fourth-order valence-electron chi connectivity index (χ4n) is 3.74. The van der Waals surface area contributed by atoms with E-state index in [4.69, 9.17) is 25.3 Å². The number of fused-ring (bicyclic) bond motifs is 2. The first-order valence-electron chi connectivity index (χ1n) is 11.1. The van der Waals surface area contributed by atoms with Crippen LogP contribution in [0.4, 0.5) is 0 Å². The third-order valence-corrected chi connectivity index (χ3v) is 6.27. The fourth-order valence-corrected chi connectivity index (χ4v) is 4.38. The second-order valence-electron chi connectivity index (χ2n) is 8.21. The number of hydrogen-bond acceptors (Lipinski definition) is 2. The van der Waals surface area contributed by atoms with Gasteiger partial charge in [-0.15, -0.1) is 25.3 Å². The fraction of sp³-hybridized carbons (Fsp3) is 0.241. The van der Waals surface area contributed by atoms with Gasteiger partial charge in [-0.05, 0) is 88.4 Å². The van der Waals surface area contributed by atoms with E-state index in [1.165, 1.54) is 28.0 Å². The Labute approximate surface area is 198 Å². The zero-order valence-electron chi connectivity index (χ0n) is 18.6. The number of thiol groups is 2. The molecule has 0 heterocycles. The van der Waals surface area contributed by atoms with Gasteiger partial charge in [-0.3, -0.25) is 0 Å². The first-order valence-corrected chi connectivity index (χ1v) is 12.0. The summed E-state index contributed by atoms with van der Waals surface area (Å²) in [5.74, 6) is 0. The van der Waals surface area contributed by atoms with Gasteiger partial charge in [-0.1, -0.05) is 75.3 Å². The van der Waals surface area contributed by atoms with Crippen molar-refractivity contribution in [2.75, 3.05) is 0 Å². The standard InChI is InChI=1S/C29H32S2/c1-5-7-9-21(4)15-29(31)25-13-11-23-16-26-18-24(28(30)14-20(3)8-6-2)12-10-22(26)17-27(23)19-25/h10-19,30-31H,3-9H2,1-2H3/b28-14-,29-15-. The Morgan fingerprint density at radius 1 is 0.677 bits per heavy atom. The molecule has 0 radical (unpaired) electrons. The van der Waals surface area contributed by atoms with Crippen molar-refractivity contribution in [1.29, 1.82) is 0 Å². The molecular weight excluding hydrogens is 412 g/mol. The van der Waals surface area contributed by atoms with E-state index < -0.39 is 0 Å². The van der Waals surface area contributed by atoms with Crippen LogP contribution in [0.15, 0.2) is 85.0 Å². The van der Waals surface area contributed by atoms with E-state index >= 15 is 0 Å². The molecule has 0 aliphatic heterocycles. The molecular formula is C29H32S2. The van der Waals surface area contributed by atoms with Gasteiger partial charge >= 0.3 is 0 Å². The number of benzene rings is 3. The van der Waals surface area contributed by atoms with Crippen LogP contribution in [0.5, 0.6) is 0 Å². The number of hydrogen-bond donors (Lipinski definition) is 2. The Balaban J connectivity index is 1.93. The zero-order valence-corrected chi connectivity index (χ0v) is 20.4. The van der Waals surface area contributed by atoms with Gasteiger partial charge in [-0.2, -0.15) is 0 Å². The van der Waals surface area contributed by atoms with Crippen molar-refractivity contribution in [1.82, 2.24) is 0 Å². The van der Waals surface area contributed by atoms with Gasteiger partial charge in [-0.25, -0.2) is 0 Å². The van der Waals surface area contributed by atoms with Crippen LogP contribution < -0.4 is 0 Å². The molecule has 31 heavy (non-hydrogen) atoms. The molecule has 0 unspecified atom stereocenters. The molecule has 0 bridgehead atoms. The molecule has 0 spiro atoms. The second-order valence-corrected chi connectivity index (χ2v) is 9.17. The van der Waals surface area contributed by atoms with Gasteiger partial charge < -0.3 is 0 Å². The predicted octanol–water partition coefficient (Wildman–Crippen LogP) is 9.64. The minimum Gasteiger partial charge on any atom is -0.143 e. The Bertz CT molecular complexity index is 1180. The molecule has 0 saturated carbocycles. The molecule has 0 aliphatic rings. The van der Waals surface area contributed by atoms with E-state index in [1.807, 2.05) is 0 Å². The van der Waals surface area contributed by atoms with Gasteiger partial charge in [0.1, 0.15) is 0 Å². The average molecular weight is 445 g/mol. The summed E-state index contributed by atoms with van der Waals surface area (Å²) in [7, 11) is 0. The lowest BCUT2D eigenvalue weighted by Crippen LogP contribution is -1.85. The van der Waals surface area contributed by atoms with Crippen LogP contribution in [0.2, 0.25) is 0 Å². The smallest absolute Gasteiger partial charge is 0.0115 e. The third kappa shape index (κ3) is 6.18. The van der Waals surface area contributed by atoms with Gasteiger partial charge in [0.05, 0.1) is 0 Å². The maximum atomic E-state index is 4.74. The van der Waals surface area contributed by atoms with Crippen LogP contribution in [-0.2, 0) is 0 Å². The summed E-state index contributed by atoms with van der Waals surface area (Å²) in [4.78, 5) is 1.93. The molecule has 3 aromatic rings. The molecule has 0 nitrogen and oxygen atoms in total. The van der Waals surface area contributed by atoms with Crippen molar-refractivity contribution < 1.29 is 0 Å². The number of unbranched alkanes of at least 4 members (excludes halogenated alkanes) is 1. The van der Waals surface area contributed by atoms with Crippen LogP contribution in [0.1, 0.15) is 57.1 Å². The molecule has 0 saturated heterocycles. The SMILES string of the molecule is C=C(/C=C(\S)c1ccc2cc3cc(/C(S)=C/C(=C)CCCC)ccc3cc2c1)CCC. The number of rotatable bonds is 9. The summed E-state index contributed by atoms with van der Waals surface area (Å²) >= 11 is 9.45. The van der Waals surface area contributed by atoms with Crippen molar-refractivity contribution in [3.05, 3.63) is 96.1 Å². The van der Waals surface area contributed by atoms with E-state index in [2.05, 4.69) is 87.7 Å². The summed E-state index contributed by atoms with van der Waals surface area (Å²) in [6, 6.07) is 17.6. The summed E-state index contributed by atoms with van der Waals surface area (Å²) in [6.45, 7) is 12.7. The topological polar surface area (TPSA) is 0 Å². The summed E-state index contributed by atoms with van der Waals surface area (Å²) < 4.78 is 0. The number of allylic oxidation sites excluding steroid dienone is 4. The molecule has 0 aliphatic carbocycles. The average Bonchev–Trinajstić information content (AvgIpc) is 2.75. The summed E-state index contributed by atoms with van der Waals surface area (Å²) in [5, 5.41) is 4.88. The van der Waals surface area contributed by atoms with Crippen molar-refractivity contribution in [2.45, 2.75) is 46.0 Å². The molecule has 2 heteroatoms. The third-order valence-electron chi connectivity index (χ3n) is 5.49. The Morgan fingerprint density at radius 2 is 1.16 bits per heavy atom.